The average molecular weight is 384 g/mol. The fourth-order valence-corrected chi connectivity index (χ4v) is 4.09. The van der Waals surface area contributed by atoms with Crippen molar-refractivity contribution in [3.05, 3.63) is 52.0 Å². The number of anilines is 1. The van der Waals surface area contributed by atoms with Gasteiger partial charge in [-0.3, -0.25) is 0 Å². The molecule has 2 N–H and O–H groups in total. The van der Waals surface area contributed by atoms with Crippen molar-refractivity contribution in [2.45, 2.75) is 40.2 Å². The number of para-hydroxylation sites is 1. The van der Waals surface area contributed by atoms with Crippen LogP contribution < -0.4 is 15.4 Å². The second-order valence-electron chi connectivity index (χ2n) is 7.21. The second-order valence-corrected chi connectivity index (χ2v) is 8.24. The zero-order valence-electron chi connectivity index (χ0n) is 16.6. The Morgan fingerprint density at radius 2 is 1.85 bits per heavy atom. The number of nitrogens with zero attached hydrogens (tertiary/aromatic N) is 1. The zero-order chi connectivity index (χ0) is 19.8. The summed E-state index contributed by atoms with van der Waals surface area (Å²) in [5.74, 6) is 0.825. The van der Waals surface area contributed by atoms with Crippen LogP contribution in [0.4, 0.5) is 10.5 Å². The highest BCUT2D eigenvalue weighted by atomic mass is 32.1. The van der Waals surface area contributed by atoms with E-state index >= 15 is 0 Å². The molecule has 6 heteroatoms. The topological polar surface area (TPSA) is 63.2 Å². The van der Waals surface area contributed by atoms with Crippen molar-refractivity contribution in [2.75, 3.05) is 12.4 Å². The lowest BCUT2D eigenvalue weighted by molar-refractivity contribution is 0.241. The third-order valence-electron chi connectivity index (χ3n) is 4.76. The Hall–Kier alpha value is -2.60. The third kappa shape index (κ3) is 3.76. The Labute approximate surface area is 163 Å². The summed E-state index contributed by atoms with van der Waals surface area (Å²) in [4.78, 5) is 17.4. The van der Waals surface area contributed by atoms with E-state index in [1.165, 1.54) is 0 Å². The molecule has 0 aliphatic rings. The monoisotopic (exact) mass is 383 g/mol. The van der Waals surface area contributed by atoms with Gasteiger partial charge in [-0.15, -0.1) is 11.3 Å². The molecule has 142 valence electrons. The van der Waals surface area contributed by atoms with Crippen molar-refractivity contribution in [1.29, 1.82) is 0 Å². The lowest BCUT2D eigenvalue weighted by Crippen LogP contribution is -2.43. The summed E-state index contributed by atoms with van der Waals surface area (Å²) in [5.41, 5.74) is 4.15. The molecule has 0 aliphatic carbocycles. The highest BCUT2D eigenvalue weighted by Gasteiger charge is 2.27. The van der Waals surface area contributed by atoms with Crippen molar-refractivity contribution in [3.8, 4) is 5.75 Å². The molecular weight excluding hydrogens is 358 g/mol. The largest absolute Gasteiger partial charge is 0.496 e. The normalized spacial score (nSPS) is 11.5. The molecule has 27 heavy (non-hydrogen) atoms. The van der Waals surface area contributed by atoms with Crippen LogP contribution >= 0.6 is 11.3 Å². The van der Waals surface area contributed by atoms with Gasteiger partial charge in [-0.05, 0) is 69.5 Å². The van der Waals surface area contributed by atoms with E-state index in [2.05, 4.69) is 15.6 Å². The number of hydrogen-bond donors (Lipinski definition) is 2. The number of amides is 2. The number of ether oxygens (including phenoxy) is 1. The summed E-state index contributed by atoms with van der Waals surface area (Å²) in [6.07, 6.45) is 0. The Morgan fingerprint density at radius 3 is 2.52 bits per heavy atom. The fraction of sp³-hybridized carbons (Fsp3) is 0.333. The number of carbonyl (C=O) groups excluding carboxylic acids is 1. The van der Waals surface area contributed by atoms with Gasteiger partial charge in [0, 0.05) is 5.69 Å². The molecule has 0 aliphatic heterocycles. The number of methoxy groups -OCH3 is 1. The maximum absolute atomic E-state index is 12.7. The van der Waals surface area contributed by atoms with Gasteiger partial charge in [-0.1, -0.05) is 12.1 Å². The minimum atomic E-state index is -0.586. The van der Waals surface area contributed by atoms with Crippen LogP contribution in [0.5, 0.6) is 5.75 Å². The van der Waals surface area contributed by atoms with Crippen molar-refractivity contribution in [2.24, 2.45) is 0 Å². The van der Waals surface area contributed by atoms with Gasteiger partial charge >= 0.3 is 6.03 Å². The first-order valence-corrected chi connectivity index (χ1v) is 9.64. The first-order valence-electron chi connectivity index (χ1n) is 8.83. The van der Waals surface area contributed by atoms with E-state index in [9.17, 15) is 4.79 Å². The molecule has 0 bridgehead atoms. The van der Waals surface area contributed by atoms with Gasteiger partial charge in [0.25, 0.3) is 0 Å². The van der Waals surface area contributed by atoms with E-state index in [-0.39, 0.29) is 6.03 Å². The minimum absolute atomic E-state index is 0.255. The molecule has 1 heterocycles. The van der Waals surface area contributed by atoms with Crippen LogP contribution in [0.25, 0.3) is 10.2 Å². The van der Waals surface area contributed by atoms with Gasteiger partial charge < -0.3 is 15.4 Å². The van der Waals surface area contributed by atoms with E-state index in [0.717, 1.165) is 43.4 Å². The molecule has 0 fully saturated rings. The van der Waals surface area contributed by atoms with Gasteiger partial charge in [0.1, 0.15) is 10.8 Å². The fourth-order valence-electron chi connectivity index (χ4n) is 3.07. The summed E-state index contributed by atoms with van der Waals surface area (Å²) >= 11 is 1.60. The lowest BCUT2D eigenvalue weighted by atomic mass is 10.0. The van der Waals surface area contributed by atoms with Crippen LogP contribution in [-0.2, 0) is 5.54 Å². The summed E-state index contributed by atoms with van der Waals surface area (Å²) in [7, 11) is 1.65. The average Bonchev–Trinajstić information content (AvgIpc) is 3.06. The smallest absolute Gasteiger partial charge is 0.320 e. The molecule has 1 aromatic heterocycles. The number of rotatable bonds is 4. The minimum Gasteiger partial charge on any atom is -0.496 e. The first kappa shape index (κ1) is 19.2. The predicted octanol–water partition coefficient (Wildman–Crippen LogP) is 5.29. The number of nitrogens with one attached hydrogen (secondary N) is 2. The summed E-state index contributed by atoms with van der Waals surface area (Å²) in [5, 5.41) is 6.93. The molecular formula is C21H25N3O2S. The Morgan fingerprint density at radius 1 is 1.15 bits per heavy atom. The van der Waals surface area contributed by atoms with Crippen LogP contribution in [0.1, 0.15) is 35.5 Å². The SMILES string of the molecule is COc1cc(C)c(NC(=O)NC(C)(C)c2nc3ccccc3s2)c(C)c1C. The highest BCUT2D eigenvalue weighted by Crippen LogP contribution is 2.32. The first-order chi connectivity index (χ1) is 12.7. The number of aryl methyl sites for hydroxylation is 1. The van der Waals surface area contributed by atoms with Crippen molar-refractivity contribution in [1.82, 2.24) is 10.3 Å². The predicted molar refractivity (Wildman–Crippen MR) is 112 cm³/mol. The van der Waals surface area contributed by atoms with Crippen LogP contribution in [0.2, 0.25) is 0 Å². The van der Waals surface area contributed by atoms with Crippen molar-refractivity contribution < 1.29 is 9.53 Å². The van der Waals surface area contributed by atoms with Gasteiger partial charge in [-0.25, -0.2) is 9.78 Å². The number of fused-ring (bicyclic) bond motifs is 1. The second kappa shape index (κ2) is 7.19. The number of thiazole rings is 1. The van der Waals surface area contributed by atoms with Crippen LogP contribution in [0.3, 0.4) is 0 Å². The van der Waals surface area contributed by atoms with E-state index in [4.69, 9.17) is 4.74 Å². The summed E-state index contributed by atoms with van der Waals surface area (Å²) in [6.45, 7) is 9.86. The number of carbonyl (C=O) groups is 1. The number of benzene rings is 2. The van der Waals surface area contributed by atoms with Crippen LogP contribution in [0.15, 0.2) is 30.3 Å². The molecule has 0 spiro atoms. The van der Waals surface area contributed by atoms with Gasteiger partial charge in [0.05, 0.1) is 22.9 Å². The standard InChI is InChI=1S/C21H25N3O2S/c1-12-11-16(26-6)13(2)14(3)18(12)23-20(25)24-21(4,5)19-22-15-9-7-8-10-17(15)27-19/h7-11H,1-6H3,(H2,23,24,25). The third-order valence-corrected chi connectivity index (χ3v) is 6.12. The van der Waals surface area contributed by atoms with Gasteiger partial charge in [-0.2, -0.15) is 0 Å². The molecule has 3 rings (SSSR count). The number of urea groups is 1. The van der Waals surface area contributed by atoms with Crippen LogP contribution in [-0.4, -0.2) is 18.1 Å². The van der Waals surface area contributed by atoms with Crippen molar-refractivity contribution >= 4 is 33.3 Å². The Kier molecular flexibility index (Phi) is 5.11. The molecule has 3 aromatic rings. The molecule has 0 radical (unpaired) electrons. The molecule has 0 saturated heterocycles. The molecule has 5 nitrogen and oxygen atoms in total. The van der Waals surface area contributed by atoms with E-state index < -0.39 is 5.54 Å². The van der Waals surface area contributed by atoms with E-state index in [1.807, 2.05) is 65.0 Å². The molecule has 0 unspecified atom stereocenters. The summed E-state index contributed by atoms with van der Waals surface area (Å²) < 4.78 is 6.51. The van der Waals surface area contributed by atoms with Crippen LogP contribution in [0, 0.1) is 20.8 Å². The molecule has 0 saturated carbocycles. The zero-order valence-corrected chi connectivity index (χ0v) is 17.4. The molecule has 2 aromatic carbocycles. The quantitative estimate of drug-likeness (QED) is 0.644. The number of aromatic nitrogens is 1. The van der Waals surface area contributed by atoms with Gasteiger partial charge in [0.2, 0.25) is 0 Å². The summed E-state index contributed by atoms with van der Waals surface area (Å²) in [6, 6.07) is 9.68. The number of hydrogen-bond acceptors (Lipinski definition) is 4. The van der Waals surface area contributed by atoms with Gasteiger partial charge in [0.15, 0.2) is 0 Å². The maximum Gasteiger partial charge on any atom is 0.320 e. The Balaban J connectivity index is 1.82. The molecule has 0 atom stereocenters. The van der Waals surface area contributed by atoms with E-state index in [1.54, 1.807) is 18.4 Å². The maximum atomic E-state index is 12.7. The molecule has 2 amide bonds. The lowest BCUT2D eigenvalue weighted by Gasteiger charge is -2.25. The Bertz CT molecular complexity index is 975. The van der Waals surface area contributed by atoms with Crippen molar-refractivity contribution in [3.63, 3.8) is 0 Å². The van der Waals surface area contributed by atoms with E-state index in [0.29, 0.717) is 0 Å². The highest BCUT2D eigenvalue weighted by molar-refractivity contribution is 7.18.